The highest BCUT2D eigenvalue weighted by Gasteiger charge is 2.18. The Morgan fingerprint density at radius 1 is 0.862 bits per heavy atom. The molecule has 29 heavy (non-hydrogen) atoms. The third-order valence-corrected chi connectivity index (χ3v) is 5.41. The smallest absolute Gasteiger partial charge is 0.219 e. The Kier molecular flexibility index (Phi) is 4.50. The molecule has 142 valence electrons. The van der Waals surface area contributed by atoms with E-state index in [1.54, 1.807) is 10.6 Å². The highest BCUT2D eigenvalue weighted by Crippen LogP contribution is 2.28. The summed E-state index contributed by atoms with van der Waals surface area (Å²) in [5.74, 6) is 0.127. The third kappa shape index (κ3) is 3.48. The Bertz CT molecular complexity index is 1250. The molecule has 0 unspecified atom stereocenters. The first-order chi connectivity index (χ1) is 14.3. The van der Waals surface area contributed by atoms with Gasteiger partial charge in [0, 0.05) is 24.6 Å². The maximum absolute atomic E-state index is 10.9. The van der Waals surface area contributed by atoms with Crippen LogP contribution in [0, 0.1) is 0 Å². The second kappa shape index (κ2) is 7.44. The van der Waals surface area contributed by atoms with Crippen LogP contribution in [0.25, 0.3) is 16.9 Å². The molecule has 0 atom stereocenters. The topological polar surface area (TPSA) is 76.2 Å². The van der Waals surface area contributed by atoms with Crippen LogP contribution in [-0.4, -0.2) is 29.1 Å². The molecule has 0 saturated heterocycles. The number of aromatic nitrogens is 5. The summed E-state index contributed by atoms with van der Waals surface area (Å²) in [5, 5.41) is 14.8. The monoisotopic (exact) mass is 399 g/mol. The molecule has 0 aliphatic rings. The molecule has 5 aromatic rings. The lowest BCUT2D eigenvalue weighted by molar-refractivity contribution is 0.442. The van der Waals surface area contributed by atoms with Crippen LogP contribution in [0.15, 0.2) is 73.1 Å². The van der Waals surface area contributed by atoms with Crippen LogP contribution in [0.3, 0.4) is 0 Å². The van der Waals surface area contributed by atoms with Crippen molar-refractivity contribution in [3.63, 3.8) is 0 Å². The Morgan fingerprint density at radius 2 is 1.62 bits per heavy atom. The summed E-state index contributed by atoms with van der Waals surface area (Å²) >= 11 is 1.31. The van der Waals surface area contributed by atoms with E-state index in [9.17, 15) is 5.11 Å². The highest BCUT2D eigenvalue weighted by atomic mass is 32.1. The van der Waals surface area contributed by atoms with Crippen molar-refractivity contribution in [2.24, 2.45) is 0 Å². The zero-order valence-corrected chi connectivity index (χ0v) is 16.3. The van der Waals surface area contributed by atoms with E-state index in [2.05, 4.69) is 21.7 Å². The fourth-order valence-electron chi connectivity index (χ4n) is 3.35. The van der Waals surface area contributed by atoms with Crippen molar-refractivity contribution in [1.82, 2.24) is 24.0 Å². The lowest BCUT2D eigenvalue weighted by Crippen LogP contribution is -2.00. The van der Waals surface area contributed by atoms with E-state index in [0.29, 0.717) is 24.2 Å². The first-order valence-electron chi connectivity index (χ1n) is 9.23. The lowest BCUT2D eigenvalue weighted by Gasteiger charge is -2.08. The van der Waals surface area contributed by atoms with Gasteiger partial charge in [0.05, 0.1) is 22.5 Å². The molecule has 5 rings (SSSR count). The Morgan fingerprint density at radius 3 is 2.34 bits per heavy atom. The number of aromatic hydroxyl groups is 1. The molecule has 0 radical (unpaired) electrons. The molecular weight excluding hydrogens is 382 g/mol. The maximum atomic E-state index is 10.9. The molecule has 0 bridgehead atoms. The van der Waals surface area contributed by atoms with E-state index in [1.807, 2.05) is 54.7 Å². The predicted octanol–water partition coefficient (Wildman–Crippen LogP) is 4.14. The van der Waals surface area contributed by atoms with E-state index in [-0.39, 0.29) is 5.88 Å². The number of imidazole rings is 1. The van der Waals surface area contributed by atoms with Gasteiger partial charge in [0.25, 0.3) is 0 Å². The zero-order chi connectivity index (χ0) is 19.6. The van der Waals surface area contributed by atoms with Gasteiger partial charge in [-0.2, -0.15) is 0 Å². The highest BCUT2D eigenvalue weighted by molar-refractivity contribution is 7.05. The Labute approximate surface area is 171 Å². The average molecular weight is 399 g/mol. The van der Waals surface area contributed by atoms with Crippen molar-refractivity contribution in [1.29, 1.82) is 0 Å². The van der Waals surface area contributed by atoms with Gasteiger partial charge in [-0.25, -0.2) is 9.97 Å². The number of hydrogen-bond donors (Lipinski definition) is 1. The molecule has 0 aliphatic heterocycles. The van der Waals surface area contributed by atoms with Crippen LogP contribution in [0.4, 0.5) is 0 Å². The van der Waals surface area contributed by atoms with Crippen LogP contribution >= 0.6 is 11.5 Å². The van der Waals surface area contributed by atoms with E-state index in [0.717, 1.165) is 27.4 Å². The van der Waals surface area contributed by atoms with Gasteiger partial charge >= 0.3 is 0 Å². The molecule has 2 aromatic carbocycles. The van der Waals surface area contributed by atoms with Crippen molar-refractivity contribution in [3.05, 3.63) is 94.9 Å². The molecule has 6 nitrogen and oxygen atoms in total. The van der Waals surface area contributed by atoms with Gasteiger partial charge in [-0.05, 0) is 17.1 Å². The summed E-state index contributed by atoms with van der Waals surface area (Å²) in [6, 6.07) is 20.1. The molecule has 7 heteroatoms. The minimum absolute atomic E-state index is 0.127. The van der Waals surface area contributed by atoms with Gasteiger partial charge in [0.15, 0.2) is 5.65 Å². The van der Waals surface area contributed by atoms with Crippen molar-refractivity contribution in [2.75, 3.05) is 0 Å². The quantitative estimate of drug-likeness (QED) is 0.481. The number of nitrogens with zero attached hydrogens (tertiary/aromatic N) is 5. The van der Waals surface area contributed by atoms with Crippen LogP contribution in [-0.2, 0) is 12.8 Å². The zero-order valence-electron chi connectivity index (χ0n) is 15.4. The Balaban J connectivity index is 1.67. The fraction of sp³-hybridized carbons (Fsp3) is 0.0909. The lowest BCUT2D eigenvalue weighted by atomic mass is 10.1. The maximum Gasteiger partial charge on any atom is 0.219 e. The van der Waals surface area contributed by atoms with Crippen LogP contribution in [0.5, 0.6) is 5.88 Å². The average Bonchev–Trinajstić information content (AvgIpc) is 3.38. The van der Waals surface area contributed by atoms with Crippen LogP contribution in [0.2, 0.25) is 0 Å². The summed E-state index contributed by atoms with van der Waals surface area (Å²) < 4.78 is 5.63. The fourth-order valence-corrected chi connectivity index (χ4v) is 3.84. The minimum Gasteiger partial charge on any atom is -0.493 e. The second-order valence-electron chi connectivity index (χ2n) is 6.74. The standard InChI is InChI=1S/C22H17N5OS/c28-22-19(12-17-13-23-26-29-17)25-21-18(11-15-7-3-1-4-8-15)24-20(14-27(21)22)16-9-5-2-6-10-16/h1-10,13-14,28H,11-12H2. The van der Waals surface area contributed by atoms with Crippen LogP contribution in [0.1, 0.15) is 21.8 Å². The van der Waals surface area contributed by atoms with Crippen molar-refractivity contribution >= 4 is 17.2 Å². The van der Waals surface area contributed by atoms with Crippen molar-refractivity contribution in [3.8, 4) is 17.1 Å². The Hall–Kier alpha value is -3.58. The number of rotatable bonds is 5. The summed E-state index contributed by atoms with van der Waals surface area (Å²) in [6.07, 6.45) is 4.65. The number of hydrogen-bond acceptors (Lipinski definition) is 6. The largest absolute Gasteiger partial charge is 0.493 e. The second-order valence-corrected chi connectivity index (χ2v) is 7.61. The van der Waals surface area contributed by atoms with Crippen molar-refractivity contribution < 1.29 is 5.11 Å². The molecule has 0 aliphatic carbocycles. The van der Waals surface area contributed by atoms with Crippen molar-refractivity contribution in [2.45, 2.75) is 12.8 Å². The first kappa shape index (κ1) is 17.5. The SMILES string of the molecule is Oc1c(Cc2cnns2)nc2c(Cc3ccccc3)nc(-c3ccccc3)cn12. The molecule has 0 spiro atoms. The third-order valence-electron chi connectivity index (χ3n) is 4.75. The van der Waals surface area contributed by atoms with Gasteiger partial charge in [0.1, 0.15) is 5.69 Å². The van der Waals surface area contributed by atoms with E-state index in [1.165, 1.54) is 11.5 Å². The van der Waals surface area contributed by atoms with Gasteiger partial charge in [-0.3, -0.25) is 4.40 Å². The molecule has 0 fully saturated rings. The summed E-state index contributed by atoms with van der Waals surface area (Å²) in [5.41, 5.74) is 5.01. The van der Waals surface area contributed by atoms with E-state index in [4.69, 9.17) is 9.97 Å². The van der Waals surface area contributed by atoms with Gasteiger partial charge in [-0.1, -0.05) is 65.2 Å². The minimum atomic E-state index is 0.127. The summed E-state index contributed by atoms with van der Waals surface area (Å²) in [7, 11) is 0. The molecule has 3 aromatic heterocycles. The first-order valence-corrected chi connectivity index (χ1v) is 10.0. The summed E-state index contributed by atoms with van der Waals surface area (Å²) in [4.78, 5) is 10.6. The van der Waals surface area contributed by atoms with E-state index < -0.39 is 0 Å². The van der Waals surface area contributed by atoms with Gasteiger partial charge in [-0.15, -0.1) is 5.10 Å². The summed E-state index contributed by atoms with van der Waals surface area (Å²) in [6.45, 7) is 0. The van der Waals surface area contributed by atoms with Gasteiger partial charge < -0.3 is 5.11 Å². The number of fused-ring (bicyclic) bond motifs is 1. The normalized spacial score (nSPS) is 11.2. The molecule has 0 saturated carbocycles. The predicted molar refractivity (Wildman–Crippen MR) is 112 cm³/mol. The molecule has 3 heterocycles. The van der Waals surface area contributed by atoms with Crippen LogP contribution < -0.4 is 0 Å². The molecular formula is C22H17N5OS. The number of benzene rings is 2. The van der Waals surface area contributed by atoms with E-state index >= 15 is 0 Å². The van der Waals surface area contributed by atoms with Gasteiger partial charge in [0.2, 0.25) is 5.88 Å². The molecule has 0 amide bonds. The molecule has 1 N–H and O–H groups in total.